The van der Waals surface area contributed by atoms with Crippen LogP contribution in [0.4, 0.5) is 17.3 Å². The van der Waals surface area contributed by atoms with Gasteiger partial charge in [-0.2, -0.15) is 0 Å². The van der Waals surface area contributed by atoms with Crippen molar-refractivity contribution in [1.29, 1.82) is 0 Å². The maximum Gasteiger partial charge on any atom is 0.257 e. The number of carbonyl (C=O) groups excluding carboxylic acids is 1. The third kappa shape index (κ3) is 6.03. The number of benzene rings is 1. The molecule has 8 nitrogen and oxygen atoms in total. The number of likely N-dealkylation sites (tertiary alicyclic amines) is 1. The zero-order valence-electron chi connectivity index (χ0n) is 22.1. The van der Waals surface area contributed by atoms with Gasteiger partial charge < -0.3 is 15.5 Å². The molecule has 1 aliphatic rings. The third-order valence-corrected chi connectivity index (χ3v) is 7.07. The Balaban J connectivity index is 1.31. The number of nitrogens with one attached hydrogen (secondary N) is 2. The Morgan fingerprint density at radius 2 is 1.87 bits per heavy atom. The van der Waals surface area contributed by atoms with E-state index in [1.54, 1.807) is 30.9 Å². The quantitative estimate of drug-likeness (QED) is 0.329. The van der Waals surface area contributed by atoms with Gasteiger partial charge in [0, 0.05) is 36.0 Å². The van der Waals surface area contributed by atoms with Crippen LogP contribution in [0.1, 0.15) is 52.9 Å². The van der Waals surface area contributed by atoms with E-state index in [4.69, 9.17) is 0 Å². The Morgan fingerprint density at radius 3 is 2.63 bits per heavy atom. The summed E-state index contributed by atoms with van der Waals surface area (Å²) in [6, 6.07) is 13.8. The largest absolute Gasteiger partial charge is 0.323 e. The average Bonchev–Trinajstić information content (AvgIpc) is 2.94. The smallest absolute Gasteiger partial charge is 0.257 e. The normalized spacial score (nSPS) is 14.3. The molecule has 5 rings (SSSR count). The summed E-state index contributed by atoms with van der Waals surface area (Å²) in [5.41, 5.74) is 6.78. The van der Waals surface area contributed by atoms with E-state index >= 15 is 0 Å². The number of hydrogen-bond donors (Lipinski definition) is 2. The third-order valence-electron chi connectivity index (χ3n) is 7.07. The Morgan fingerprint density at radius 1 is 1.03 bits per heavy atom. The highest BCUT2D eigenvalue weighted by molar-refractivity contribution is 6.04. The molecule has 3 aromatic heterocycles. The monoisotopic (exact) mass is 507 g/mol. The maximum atomic E-state index is 13.2. The number of hydrogen-bond acceptors (Lipinski definition) is 7. The first-order chi connectivity index (χ1) is 18.5. The van der Waals surface area contributed by atoms with Gasteiger partial charge in [-0.1, -0.05) is 13.0 Å². The fraction of sp³-hybridized carbons (Fsp3) is 0.300. The average molecular weight is 508 g/mol. The molecule has 4 aromatic rings. The number of anilines is 3. The molecule has 1 aliphatic heterocycles. The van der Waals surface area contributed by atoms with Crippen molar-refractivity contribution in [1.82, 2.24) is 24.8 Å². The van der Waals surface area contributed by atoms with Gasteiger partial charge in [-0.05, 0) is 99.8 Å². The summed E-state index contributed by atoms with van der Waals surface area (Å²) in [5, 5.41) is 6.31. The SMILES string of the molecule is CCN1CCC(c2cc(C)cc(NC(=O)c3cnc(C)c(Nc4nccc(-c5cccnc5)n4)c3)c2)CC1. The minimum Gasteiger partial charge on any atom is -0.323 e. The molecule has 4 heterocycles. The first-order valence-corrected chi connectivity index (χ1v) is 13.1. The Bertz CT molecular complexity index is 1420. The highest BCUT2D eigenvalue weighted by atomic mass is 16.1. The Hall–Kier alpha value is -4.17. The summed E-state index contributed by atoms with van der Waals surface area (Å²) < 4.78 is 0. The minimum atomic E-state index is -0.206. The van der Waals surface area contributed by atoms with E-state index in [9.17, 15) is 4.79 Å². The van der Waals surface area contributed by atoms with Crippen molar-refractivity contribution >= 4 is 23.2 Å². The van der Waals surface area contributed by atoms with Crippen LogP contribution >= 0.6 is 0 Å². The molecular weight excluding hydrogens is 474 g/mol. The maximum absolute atomic E-state index is 13.2. The molecule has 2 N–H and O–H groups in total. The van der Waals surface area contributed by atoms with E-state index in [-0.39, 0.29) is 5.91 Å². The standard InChI is InChI=1S/C30H33N7O/c1-4-37-12-8-22(9-13-37)24-14-20(2)15-26(16-24)34-29(38)25-17-28(21(3)33-19-25)36-30-32-11-7-27(35-30)23-6-5-10-31-18-23/h5-7,10-11,14-19,22H,4,8-9,12-13H2,1-3H3,(H,34,38)(H,32,35,36). The van der Waals surface area contributed by atoms with Crippen molar-refractivity contribution in [3.8, 4) is 11.3 Å². The van der Waals surface area contributed by atoms with Gasteiger partial charge in [0.1, 0.15) is 0 Å². The Kier molecular flexibility index (Phi) is 7.70. The van der Waals surface area contributed by atoms with Gasteiger partial charge in [-0.3, -0.25) is 14.8 Å². The van der Waals surface area contributed by atoms with Crippen molar-refractivity contribution in [2.75, 3.05) is 30.3 Å². The lowest BCUT2D eigenvalue weighted by atomic mass is 9.88. The van der Waals surface area contributed by atoms with Crippen LogP contribution in [0.15, 0.2) is 67.3 Å². The van der Waals surface area contributed by atoms with Crippen LogP contribution in [0.5, 0.6) is 0 Å². The summed E-state index contributed by atoms with van der Waals surface area (Å²) in [7, 11) is 0. The summed E-state index contributed by atoms with van der Waals surface area (Å²) in [6.07, 6.45) is 9.06. The van der Waals surface area contributed by atoms with Crippen LogP contribution in [0.3, 0.4) is 0 Å². The number of carbonyl (C=O) groups is 1. The second kappa shape index (κ2) is 11.5. The van der Waals surface area contributed by atoms with Crippen molar-refractivity contribution < 1.29 is 4.79 Å². The molecule has 0 atom stereocenters. The van der Waals surface area contributed by atoms with E-state index in [1.807, 2.05) is 31.2 Å². The second-order valence-corrected chi connectivity index (χ2v) is 9.78. The molecule has 0 radical (unpaired) electrons. The van der Waals surface area contributed by atoms with Gasteiger partial charge in [0.15, 0.2) is 0 Å². The molecule has 1 saturated heterocycles. The fourth-order valence-corrected chi connectivity index (χ4v) is 4.90. The summed E-state index contributed by atoms with van der Waals surface area (Å²) in [6.45, 7) is 9.52. The molecule has 0 spiro atoms. The van der Waals surface area contributed by atoms with Gasteiger partial charge >= 0.3 is 0 Å². The van der Waals surface area contributed by atoms with Gasteiger partial charge in [0.05, 0.1) is 22.6 Å². The van der Waals surface area contributed by atoms with Crippen LogP contribution in [0, 0.1) is 13.8 Å². The lowest BCUT2D eigenvalue weighted by Gasteiger charge is -2.31. The van der Waals surface area contributed by atoms with Gasteiger partial charge in [0.2, 0.25) is 5.95 Å². The number of aromatic nitrogens is 4. The van der Waals surface area contributed by atoms with Crippen LogP contribution < -0.4 is 10.6 Å². The molecule has 0 saturated carbocycles. The molecule has 38 heavy (non-hydrogen) atoms. The molecule has 0 aliphatic carbocycles. The van der Waals surface area contributed by atoms with Crippen LogP contribution in [0.2, 0.25) is 0 Å². The number of piperidine rings is 1. The highest BCUT2D eigenvalue weighted by Crippen LogP contribution is 2.31. The summed E-state index contributed by atoms with van der Waals surface area (Å²) >= 11 is 0. The lowest BCUT2D eigenvalue weighted by molar-refractivity contribution is 0.102. The van der Waals surface area contributed by atoms with Crippen molar-refractivity contribution in [3.05, 3.63) is 89.6 Å². The molecule has 0 unspecified atom stereocenters. The zero-order chi connectivity index (χ0) is 26.5. The number of nitrogens with zero attached hydrogens (tertiary/aromatic N) is 5. The van der Waals surface area contributed by atoms with Gasteiger partial charge in [-0.15, -0.1) is 0 Å². The summed E-state index contributed by atoms with van der Waals surface area (Å²) in [4.78, 5) is 33.3. The molecule has 194 valence electrons. The van der Waals surface area contributed by atoms with Crippen molar-refractivity contribution in [3.63, 3.8) is 0 Å². The van der Waals surface area contributed by atoms with Crippen molar-refractivity contribution in [2.24, 2.45) is 0 Å². The molecule has 1 amide bonds. The topological polar surface area (TPSA) is 95.9 Å². The number of pyridine rings is 2. The molecule has 1 fully saturated rings. The molecule has 8 heteroatoms. The van der Waals surface area contributed by atoms with E-state index < -0.39 is 0 Å². The van der Waals surface area contributed by atoms with Crippen molar-refractivity contribution in [2.45, 2.75) is 39.5 Å². The Labute approximate surface area is 223 Å². The predicted octanol–water partition coefficient (Wildman–Crippen LogP) is 5.75. The van der Waals surface area contributed by atoms with Gasteiger partial charge in [0.25, 0.3) is 5.91 Å². The van der Waals surface area contributed by atoms with Gasteiger partial charge in [-0.25, -0.2) is 9.97 Å². The van der Waals surface area contributed by atoms with E-state index in [0.717, 1.165) is 60.7 Å². The van der Waals surface area contributed by atoms with E-state index in [2.05, 4.69) is 61.4 Å². The minimum absolute atomic E-state index is 0.206. The van der Waals surface area contributed by atoms with Crippen LogP contribution in [-0.2, 0) is 0 Å². The summed E-state index contributed by atoms with van der Waals surface area (Å²) in [5.74, 6) is 0.738. The van der Waals surface area contributed by atoms with Crippen LogP contribution in [0.25, 0.3) is 11.3 Å². The lowest BCUT2D eigenvalue weighted by Crippen LogP contribution is -2.32. The number of aryl methyl sites for hydroxylation is 2. The molecule has 1 aromatic carbocycles. The predicted molar refractivity (Wildman–Crippen MR) is 151 cm³/mol. The van der Waals surface area contributed by atoms with E-state index in [1.165, 1.54) is 5.56 Å². The first kappa shape index (κ1) is 25.5. The first-order valence-electron chi connectivity index (χ1n) is 13.1. The fourth-order valence-electron chi connectivity index (χ4n) is 4.90. The van der Waals surface area contributed by atoms with E-state index in [0.29, 0.717) is 23.1 Å². The molecular formula is C30H33N7O. The number of amides is 1. The second-order valence-electron chi connectivity index (χ2n) is 9.78. The zero-order valence-corrected chi connectivity index (χ0v) is 22.1. The van der Waals surface area contributed by atoms with Crippen LogP contribution in [-0.4, -0.2) is 50.4 Å². The highest BCUT2D eigenvalue weighted by Gasteiger charge is 2.20. The molecule has 0 bridgehead atoms. The number of rotatable bonds is 7.